The lowest BCUT2D eigenvalue weighted by molar-refractivity contribution is 0.0496. The van der Waals surface area contributed by atoms with E-state index in [0.717, 1.165) is 0 Å². The highest BCUT2D eigenvalue weighted by atomic mass is 16.5. The minimum absolute atomic E-state index is 0.235. The van der Waals surface area contributed by atoms with Crippen molar-refractivity contribution in [2.45, 2.75) is 53.4 Å². The number of carbonyl (C=O) groups excluding carboxylic acids is 4. The van der Waals surface area contributed by atoms with Crippen molar-refractivity contribution < 1.29 is 38.1 Å². The number of carbonyl (C=O) groups is 4. The summed E-state index contributed by atoms with van der Waals surface area (Å²) in [6.07, 6.45) is 2.63. The molecule has 8 bridgehead atoms. The van der Waals surface area contributed by atoms with E-state index in [9.17, 15) is 19.2 Å². The molecule has 0 amide bonds. The Labute approximate surface area is 365 Å². The number of aromatic amines is 2. The monoisotopic (exact) mass is 858 g/mol. The Morgan fingerprint density at radius 2 is 0.672 bits per heavy atom. The zero-order valence-electron chi connectivity index (χ0n) is 35.5. The van der Waals surface area contributed by atoms with E-state index in [4.69, 9.17) is 48.9 Å². The summed E-state index contributed by atoms with van der Waals surface area (Å²) in [5.41, 5.74) is 4.75. The molecule has 0 unspecified atom stereocenters. The van der Waals surface area contributed by atoms with Gasteiger partial charge in [-0.3, -0.25) is 0 Å². The second kappa shape index (κ2) is 17.5. The number of H-pyrrole nitrogens is 2. The van der Waals surface area contributed by atoms with Gasteiger partial charge in [0.15, 0.2) is 23.3 Å². The maximum absolute atomic E-state index is 13.2. The molecule has 16 heteroatoms. The first-order valence-electron chi connectivity index (χ1n) is 21.3. The van der Waals surface area contributed by atoms with E-state index in [0.29, 0.717) is 114 Å². The van der Waals surface area contributed by atoms with Crippen molar-refractivity contribution in [3.8, 4) is 45.6 Å². The second-order valence-corrected chi connectivity index (χ2v) is 15.2. The number of nitrogens with one attached hydrogen (secondary N) is 2. The third-order valence-corrected chi connectivity index (χ3v) is 10.5. The summed E-state index contributed by atoms with van der Waals surface area (Å²) in [5, 5.41) is 2.29. The highest BCUT2D eigenvalue weighted by molar-refractivity contribution is 6.09. The fourth-order valence-electron chi connectivity index (χ4n) is 7.41. The van der Waals surface area contributed by atoms with Crippen molar-refractivity contribution in [1.29, 1.82) is 0 Å². The molecule has 4 aromatic carbocycles. The smallest absolute Gasteiger partial charge is 0.338 e. The van der Waals surface area contributed by atoms with Gasteiger partial charge in [0.1, 0.15) is 22.6 Å². The molecule has 64 heavy (non-hydrogen) atoms. The Balaban J connectivity index is 1.38. The van der Waals surface area contributed by atoms with Crippen molar-refractivity contribution in [1.82, 2.24) is 39.9 Å². The molecule has 3 aromatic heterocycles. The van der Waals surface area contributed by atoms with E-state index < -0.39 is 23.9 Å². The lowest BCUT2D eigenvalue weighted by atomic mass is 10.0. The van der Waals surface area contributed by atoms with Gasteiger partial charge in [-0.05, 0) is 98.5 Å². The van der Waals surface area contributed by atoms with Crippen molar-refractivity contribution in [3.05, 3.63) is 95.1 Å². The Hall–Kier alpha value is -7.88. The van der Waals surface area contributed by atoms with Crippen LogP contribution in [0.5, 0.6) is 0 Å². The molecule has 16 nitrogen and oxygen atoms in total. The molecular formula is C48H42N8O8. The van der Waals surface area contributed by atoms with Crippen LogP contribution in [0.3, 0.4) is 0 Å². The molecule has 0 saturated carbocycles. The van der Waals surface area contributed by atoms with Gasteiger partial charge in [0.2, 0.25) is 0 Å². The third-order valence-electron chi connectivity index (χ3n) is 10.5. The Kier molecular flexibility index (Phi) is 11.3. The molecule has 0 aliphatic carbocycles. The van der Waals surface area contributed by atoms with Crippen LogP contribution in [0.2, 0.25) is 0 Å². The summed E-state index contributed by atoms with van der Waals surface area (Å²) in [5.74, 6) is -0.982. The zero-order chi connectivity index (χ0) is 44.5. The first-order valence-corrected chi connectivity index (χ1v) is 21.3. The number of rotatable bonds is 12. The van der Waals surface area contributed by atoms with Crippen LogP contribution in [-0.2, 0) is 18.9 Å². The largest absolute Gasteiger partial charge is 0.462 e. The van der Waals surface area contributed by atoms with Gasteiger partial charge in [-0.15, -0.1) is 0 Å². The third kappa shape index (κ3) is 7.78. The Bertz CT molecular complexity index is 3010. The SMILES string of the molecule is CCCOC(=O)c1ccc2c(c1)-c1nc-2nc2[nH]c(nc3nc(nc4[nH]c(n1)c1ccc(C(=O)OCCC)cc41)-c1ccc(C(=O)OCCC)cc1-3)c1ccc(C(=O)OCCC)cc21. The maximum atomic E-state index is 13.2. The van der Waals surface area contributed by atoms with E-state index >= 15 is 0 Å². The van der Waals surface area contributed by atoms with Crippen LogP contribution in [0.1, 0.15) is 94.8 Å². The van der Waals surface area contributed by atoms with Gasteiger partial charge in [-0.1, -0.05) is 27.7 Å². The number of esters is 4. The Morgan fingerprint density at radius 3 is 1.02 bits per heavy atom. The van der Waals surface area contributed by atoms with E-state index in [2.05, 4.69) is 9.97 Å². The zero-order valence-corrected chi connectivity index (χ0v) is 35.5. The molecule has 2 aliphatic rings. The number of aromatic nitrogens is 8. The number of hydrogen-bond acceptors (Lipinski definition) is 14. The van der Waals surface area contributed by atoms with Crippen LogP contribution in [0.4, 0.5) is 0 Å². The minimum atomic E-state index is -0.496. The van der Waals surface area contributed by atoms with E-state index in [-0.39, 0.29) is 49.7 Å². The lowest BCUT2D eigenvalue weighted by Gasteiger charge is -2.05. The summed E-state index contributed by atoms with van der Waals surface area (Å²) >= 11 is 0. The fourth-order valence-corrected chi connectivity index (χ4v) is 7.41. The molecule has 0 saturated heterocycles. The molecule has 9 rings (SSSR count). The van der Waals surface area contributed by atoms with Gasteiger partial charge in [-0.25, -0.2) is 49.1 Å². The predicted octanol–water partition coefficient (Wildman–Crippen LogP) is 9.14. The molecule has 322 valence electrons. The number of ether oxygens (including phenoxy) is 4. The molecule has 5 heterocycles. The minimum Gasteiger partial charge on any atom is -0.462 e. The summed E-state index contributed by atoms with van der Waals surface area (Å²) in [6.45, 7) is 8.69. The van der Waals surface area contributed by atoms with Crippen molar-refractivity contribution in [2.75, 3.05) is 26.4 Å². The molecular weight excluding hydrogens is 817 g/mol. The molecule has 2 N–H and O–H groups in total. The van der Waals surface area contributed by atoms with E-state index in [1.807, 2.05) is 27.7 Å². The lowest BCUT2D eigenvalue weighted by Crippen LogP contribution is -2.06. The van der Waals surface area contributed by atoms with Crippen molar-refractivity contribution >= 4 is 68.0 Å². The van der Waals surface area contributed by atoms with E-state index in [1.165, 1.54) is 0 Å². The predicted molar refractivity (Wildman–Crippen MR) is 238 cm³/mol. The highest BCUT2D eigenvalue weighted by Crippen LogP contribution is 2.38. The van der Waals surface area contributed by atoms with Gasteiger partial charge in [0, 0.05) is 43.8 Å². The number of fused-ring (bicyclic) bond motifs is 20. The molecule has 0 fully saturated rings. The second-order valence-electron chi connectivity index (χ2n) is 15.2. The quantitative estimate of drug-likeness (QED) is 0.0866. The summed E-state index contributed by atoms with van der Waals surface area (Å²) in [7, 11) is 0. The first kappa shape index (κ1) is 41.5. The fraction of sp³-hybridized carbons (Fsp3) is 0.250. The molecule has 2 aliphatic heterocycles. The molecule has 0 radical (unpaired) electrons. The van der Waals surface area contributed by atoms with Crippen LogP contribution in [0.15, 0.2) is 72.8 Å². The average Bonchev–Trinajstić information content (AvgIpc) is 4.05. The van der Waals surface area contributed by atoms with Crippen molar-refractivity contribution in [2.24, 2.45) is 0 Å². The van der Waals surface area contributed by atoms with Crippen LogP contribution < -0.4 is 0 Å². The standard InChI is InChI=1S/C48H42N8O8/c1-5-17-61-45(57)25-9-13-29-33(21-25)41-49-37(29)54-42-35-23-27(47(59)63-19-7-3)11-15-31(35)39(51-42)56-44-36-24-28(48(60)64-20-8-4)12-16-32(36)40(52-44)55-43-34-22-26(46(58)62-18-6-2)10-14-30(34)38(50-43)53-41/h9-16,21-24H,5-8,17-20H2,1-4H3,(H2,49,50,51,52,53,54,55,56). The molecule has 7 aromatic rings. The van der Waals surface area contributed by atoms with Gasteiger partial charge < -0.3 is 28.9 Å². The normalized spacial score (nSPS) is 11.6. The van der Waals surface area contributed by atoms with E-state index in [1.54, 1.807) is 72.8 Å². The van der Waals surface area contributed by atoms with Crippen LogP contribution in [0.25, 0.3) is 89.7 Å². The highest BCUT2D eigenvalue weighted by Gasteiger charge is 2.26. The first-order chi connectivity index (χ1) is 31.2. The van der Waals surface area contributed by atoms with Crippen LogP contribution in [-0.4, -0.2) is 90.2 Å². The van der Waals surface area contributed by atoms with Crippen LogP contribution in [0, 0.1) is 0 Å². The summed E-state index contributed by atoms with van der Waals surface area (Å²) < 4.78 is 21.9. The van der Waals surface area contributed by atoms with Crippen LogP contribution >= 0.6 is 0 Å². The van der Waals surface area contributed by atoms with Gasteiger partial charge in [-0.2, -0.15) is 0 Å². The number of nitrogens with zero attached hydrogens (tertiary/aromatic N) is 6. The Morgan fingerprint density at radius 1 is 0.375 bits per heavy atom. The van der Waals surface area contributed by atoms with Crippen molar-refractivity contribution in [3.63, 3.8) is 0 Å². The average molecular weight is 859 g/mol. The molecule has 0 spiro atoms. The topological polar surface area (TPSA) is 214 Å². The molecule has 0 atom stereocenters. The maximum Gasteiger partial charge on any atom is 0.338 e. The summed E-state index contributed by atoms with van der Waals surface area (Å²) in [6, 6.07) is 20.3. The number of benzene rings is 4. The number of hydrogen-bond donors (Lipinski definition) is 2. The van der Waals surface area contributed by atoms with Gasteiger partial charge >= 0.3 is 23.9 Å². The van der Waals surface area contributed by atoms with Gasteiger partial charge in [0.25, 0.3) is 0 Å². The summed E-state index contributed by atoms with van der Waals surface area (Å²) in [4.78, 5) is 89.4. The van der Waals surface area contributed by atoms with Gasteiger partial charge in [0.05, 0.1) is 48.7 Å².